The Kier molecular flexibility index (Phi) is 11.6. The number of nitrogens with two attached hydrogens (primary N) is 1. The molecule has 7 heteroatoms. The van der Waals surface area contributed by atoms with Crippen molar-refractivity contribution in [3.05, 3.63) is 0 Å². The van der Waals surface area contributed by atoms with Crippen molar-refractivity contribution in [2.75, 3.05) is 46.8 Å². The van der Waals surface area contributed by atoms with Crippen molar-refractivity contribution in [1.29, 1.82) is 0 Å². The van der Waals surface area contributed by atoms with Crippen LogP contribution in [0.5, 0.6) is 0 Å². The molecule has 1 aliphatic heterocycles. The SMILES string of the molecule is CN=C(NCCCN1CCCC(C(N)=O)C1)N(C)CC1CCC(C)CC1.I. The lowest BCUT2D eigenvalue weighted by Crippen LogP contribution is -2.44. The number of hydrogen-bond acceptors (Lipinski definition) is 3. The topological polar surface area (TPSA) is 74.0 Å². The number of halogens is 1. The van der Waals surface area contributed by atoms with E-state index in [1.807, 2.05) is 7.05 Å². The van der Waals surface area contributed by atoms with Crippen molar-refractivity contribution in [2.24, 2.45) is 28.5 Å². The Hall–Kier alpha value is -0.570. The summed E-state index contributed by atoms with van der Waals surface area (Å²) in [5.74, 6) is 2.59. The predicted molar refractivity (Wildman–Crippen MR) is 124 cm³/mol. The van der Waals surface area contributed by atoms with E-state index in [0.717, 1.165) is 69.8 Å². The first-order valence-corrected chi connectivity index (χ1v) is 10.4. The van der Waals surface area contributed by atoms with Gasteiger partial charge in [0.05, 0.1) is 5.92 Å². The second kappa shape index (κ2) is 12.8. The van der Waals surface area contributed by atoms with Crippen molar-refractivity contribution in [1.82, 2.24) is 15.1 Å². The number of carbonyl (C=O) groups excluding carboxylic acids is 1. The molecule has 0 aromatic heterocycles. The number of amides is 1. The number of nitrogens with zero attached hydrogens (tertiary/aromatic N) is 3. The van der Waals surface area contributed by atoms with Crippen LogP contribution in [0.4, 0.5) is 0 Å². The molecule has 27 heavy (non-hydrogen) atoms. The summed E-state index contributed by atoms with van der Waals surface area (Å²) in [6.45, 7) is 7.30. The Balaban J connectivity index is 0.00000364. The van der Waals surface area contributed by atoms with E-state index >= 15 is 0 Å². The highest BCUT2D eigenvalue weighted by Crippen LogP contribution is 2.28. The molecule has 2 fully saturated rings. The summed E-state index contributed by atoms with van der Waals surface area (Å²) >= 11 is 0. The third-order valence-electron chi connectivity index (χ3n) is 6.08. The molecule has 2 aliphatic rings. The minimum Gasteiger partial charge on any atom is -0.369 e. The maximum Gasteiger partial charge on any atom is 0.221 e. The molecule has 1 saturated heterocycles. The Morgan fingerprint density at radius 2 is 1.96 bits per heavy atom. The summed E-state index contributed by atoms with van der Waals surface area (Å²) in [6.07, 6.45) is 8.50. The molecule has 1 aliphatic carbocycles. The minimum atomic E-state index is -0.146. The fourth-order valence-electron chi connectivity index (χ4n) is 4.36. The molecular formula is C20H40IN5O. The zero-order valence-corrected chi connectivity index (χ0v) is 19.8. The molecule has 3 N–H and O–H groups in total. The lowest BCUT2D eigenvalue weighted by molar-refractivity contribution is -0.123. The van der Waals surface area contributed by atoms with E-state index in [9.17, 15) is 4.79 Å². The van der Waals surface area contributed by atoms with Gasteiger partial charge in [-0.05, 0) is 57.0 Å². The standard InChI is InChI=1S/C20H39N5O.HI/c1-16-7-9-17(10-8-16)14-24(3)20(22-2)23-11-5-13-25-12-4-6-18(15-25)19(21)26;/h16-18H,4-15H2,1-3H3,(H2,21,26)(H,22,23);1H. The summed E-state index contributed by atoms with van der Waals surface area (Å²) < 4.78 is 0. The fraction of sp³-hybridized carbons (Fsp3) is 0.900. The summed E-state index contributed by atoms with van der Waals surface area (Å²) in [5, 5.41) is 3.50. The molecular weight excluding hydrogens is 453 g/mol. The number of primary amides is 1. The van der Waals surface area contributed by atoms with Gasteiger partial charge in [-0.1, -0.05) is 19.8 Å². The highest BCUT2D eigenvalue weighted by Gasteiger charge is 2.23. The second-order valence-corrected chi connectivity index (χ2v) is 8.38. The number of hydrogen-bond donors (Lipinski definition) is 2. The number of nitrogens with one attached hydrogen (secondary N) is 1. The van der Waals surface area contributed by atoms with Crippen LogP contribution in [0.25, 0.3) is 0 Å². The van der Waals surface area contributed by atoms with E-state index in [2.05, 4.69) is 34.1 Å². The Morgan fingerprint density at radius 1 is 1.26 bits per heavy atom. The highest BCUT2D eigenvalue weighted by atomic mass is 127. The quantitative estimate of drug-likeness (QED) is 0.248. The van der Waals surface area contributed by atoms with Gasteiger partial charge in [0.1, 0.15) is 0 Å². The summed E-state index contributed by atoms with van der Waals surface area (Å²) in [7, 11) is 4.01. The van der Waals surface area contributed by atoms with Gasteiger partial charge in [-0.25, -0.2) is 0 Å². The van der Waals surface area contributed by atoms with E-state index in [4.69, 9.17) is 5.73 Å². The maximum absolute atomic E-state index is 11.4. The summed E-state index contributed by atoms with van der Waals surface area (Å²) in [5.41, 5.74) is 5.46. The molecule has 0 aromatic rings. The third kappa shape index (κ3) is 8.54. The maximum atomic E-state index is 11.4. The van der Waals surface area contributed by atoms with Crippen LogP contribution >= 0.6 is 24.0 Å². The monoisotopic (exact) mass is 493 g/mol. The van der Waals surface area contributed by atoms with Crippen LogP contribution < -0.4 is 11.1 Å². The Bertz CT molecular complexity index is 465. The van der Waals surface area contributed by atoms with E-state index in [1.165, 1.54) is 25.7 Å². The predicted octanol–water partition coefficient (Wildman–Crippen LogP) is 2.53. The second-order valence-electron chi connectivity index (χ2n) is 8.38. The highest BCUT2D eigenvalue weighted by molar-refractivity contribution is 14.0. The van der Waals surface area contributed by atoms with Gasteiger partial charge in [-0.15, -0.1) is 24.0 Å². The fourth-order valence-corrected chi connectivity index (χ4v) is 4.36. The van der Waals surface area contributed by atoms with Crippen molar-refractivity contribution >= 4 is 35.8 Å². The number of piperidine rings is 1. The molecule has 1 amide bonds. The normalized spacial score (nSPS) is 26.9. The van der Waals surface area contributed by atoms with Crippen LogP contribution in [-0.2, 0) is 4.79 Å². The molecule has 1 atom stereocenters. The lowest BCUT2D eigenvalue weighted by Gasteiger charge is -2.32. The molecule has 0 bridgehead atoms. The lowest BCUT2D eigenvalue weighted by atomic mass is 9.83. The zero-order valence-electron chi connectivity index (χ0n) is 17.5. The van der Waals surface area contributed by atoms with Gasteiger partial charge in [0.2, 0.25) is 5.91 Å². The summed E-state index contributed by atoms with van der Waals surface area (Å²) in [6, 6.07) is 0. The van der Waals surface area contributed by atoms with Crippen molar-refractivity contribution < 1.29 is 4.79 Å². The van der Waals surface area contributed by atoms with Crippen LogP contribution in [0.15, 0.2) is 4.99 Å². The number of carbonyl (C=O) groups is 1. The van der Waals surface area contributed by atoms with Crippen LogP contribution in [-0.4, -0.2) is 68.5 Å². The molecule has 6 nitrogen and oxygen atoms in total. The first kappa shape index (κ1) is 24.5. The number of rotatable bonds is 7. The van der Waals surface area contributed by atoms with Gasteiger partial charge in [0.15, 0.2) is 5.96 Å². The van der Waals surface area contributed by atoms with Gasteiger partial charge in [-0.3, -0.25) is 9.79 Å². The molecule has 0 spiro atoms. The molecule has 0 aromatic carbocycles. The van der Waals surface area contributed by atoms with Gasteiger partial charge < -0.3 is 20.9 Å². The number of aliphatic imine (C=N–C) groups is 1. The van der Waals surface area contributed by atoms with Gasteiger partial charge >= 0.3 is 0 Å². The molecule has 2 rings (SSSR count). The molecule has 1 unspecified atom stereocenters. The molecule has 0 radical (unpaired) electrons. The molecule has 1 saturated carbocycles. The van der Waals surface area contributed by atoms with Gasteiger partial charge in [0.25, 0.3) is 0 Å². The average Bonchev–Trinajstić information content (AvgIpc) is 2.63. The minimum absolute atomic E-state index is 0. The average molecular weight is 493 g/mol. The van der Waals surface area contributed by atoms with Crippen LogP contribution in [0.3, 0.4) is 0 Å². The Morgan fingerprint density at radius 3 is 2.59 bits per heavy atom. The largest absolute Gasteiger partial charge is 0.369 e. The first-order chi connectivity index (χ1) is 12.5. The van der Waals surface area contributed by atoms with Crippen LogP contribution in [0.1, 0.15) is 51.9 Å². The van der Waals surface area contributed by atoms with E-state index in [1.54, 1.807) is 0 Å². The first-order valence-electron chi connectivity index (χ1n) is 10.4. The zero-order chi connectivity index (χ0) is 18.9. The van der Waals surface area contributed by atoms with E-state index < -0.39 is 0 Å². The third-order valence-corrected chi connectivity index (χ3v) is 6.08. The van der Waals surface area contributed by atoms with Crippen LogP contribution in [0.2, 0.25) is 0 Å². The van der Waals surface area contributed by atoms with Gasteiger partial charge in [0, 0.05) is 33.7 Å². The van der Waals surface area contributed by atoms with Crippen molar-refractivity contribution in [3.63, 3.8) is 0 Å². The number of likely N-dealkylation sites (tertiary alicyclic amines) is 1. The van der Waals surface area contributed by atoms with E-state index in [-0.39, 0.29) is 35.8 Å². The van der Waals surface area contributed by atoms with E-state index in [0.29, 0.717) is 0 Å². The number of guanidine groups is 1. The van der Waals surface area contributed by atoms with Crippen LogP contribution in [0, 0.1) is 17.8 Å². The van der Waals surface area contributed by atoms with Gasteiger partial charge in [-0.2, -0.15) is 0 Å². The molecule has 158 valence electrons. The summed E-state index contributed by atoms with van der Waals surface area (Å²) in [4.78, 5) is 20.5. The van der Waals surface area contributed by atoms with Crippen molar-refractivity contribution in [3.8, 4) is 0 Å². The Labute approximate surface area is 182 Å². The smallest absolute Gasteiger partial charge is 0.221 e. The molecule has 1 heterocycles. The van der Waals surface area contributed by atoms with Crippen molar-refractivity contribution in [2.45, 2.75) is 51.9 Å².